The fourth-order valence-corrected chi connectivity index (χ4v) is 3.35. The van der Waals surface area contributed by atoms with Crippen molar-refractivity contribution in [3.63, 3.8) is 0 Å². The van der Waals surface area contributed by atoms with E-state index in [9.17, 15) is 13.6 Å². The maximum absolute atomic E-state index is 14.4. The molecule has 3 aromatic rings. The number of nitrogens with zero attached hydrogens (tertiary/aromatic N) is 4. The largest absolute Gasteiger partial charge is 0.367 e. The van der Waals surface area contributed by atoms with Crippen LogP contribution < -0.4 is 10.2 Å². The molecule has 2 aromatic carbocycles. The third kappa shape index (κ3) is 3.85. The first-order valence-electron chi connectivity index (χ1n) is 9.07. The summed E-state index contributed by atoms with van der Waals surface area (Å²) < 4.78 is 30.5. The average molecular weight is 383 g/mol. The molecular weight excluding hydrogens is 364 g/mol. The number of halogens is 2. The molecule has 0 unspecified atom stereocenters. The summed E-state index contributed by atoms with van der Waals surface area (Å²) in [4.78, 5) is 18.0. The van der Waals surface area contributed by atoms with Gasteiger partial charge in [0.2, 0.25) is 0 Å². The molecule has 1 amide bonds. The molecule has 0 bridgehead atoms. The lowest BCUT2D eigenvalue weighted by Gasteiger charge is -2.19. The van der Waals surface area contributed by atoms with Crippen LogP contribution >= 0.6 is 0 Å². The van der Waals surface area contributed by atoms with Gasteiger partial charge in [-0.15, -0.1) is 0 Å². The van der Waals surface area contributed by atoms with E-state index in [0.29, 0.717) is 25.2 Å². The Kier molecular flexibility index (Phi) is 5.01. The number of anilines is 2. The second-order valence-corrected chi connectivity index (χ2v) is 6.73. The predicted molar refractivity (Wildman–Crippen MR) is 101 cm³/mol. The van der Waals surface area contributed by atoms with Gasteiger partial charge in [-0.1, -0.05) is 12.1 Å². The molecule has 2 heterocycles. The van der Waals surface area contributed by atoms with Gasteiger partial charge in [-0.2, -0.15) is 5.10 Å². The molecule has 0 aliphatic carbocycles. The van der Waals surface area contributed by atoms with Crippen LogP contribution in [0.15, 0.2) is 49.1 Å². The molecule has 1 N–H and O–H groups in total. The van der Waals surface area contributed by atoms with Crippen LogP contribution in [-0.4, -0.2) is 33.8 Å². The van der Waals surface area contributed by atoms with Gasteiger partial charge in [0.15, 0.2) is 11.6 Å². The van der Waals surface area contributed by atoms with Gasteiger partial charge >= 0.3 is 0 Å². The second-order valence-electron chi connectivity index (χ2n) is 6.73. The van der Waals surface area contributed by atoms with Crippen LogP contribution in [0, 0.1) is 11.6 Å². The summed E-state index contributed by atoms with van der Waals surface area (Å²) in [7, 11) is 0. The first-order valence-corrected chi connectivity index (χ1v) is 9.07. The lowest BCUT2D eigenvalue weighted by Crippen LogP contribution is -2.21. The zero-order valence-electron chi connectivity index (χ0n) is 15.1. The van der Waals surface area contributed by atoms with Gasteiger partial charge in [0.1, 0.15) is 18.3 Å². The molecule has 1 saturated heterocycles. The van der Waals surface area contributed by atoms with Crippen molar-refractivity contribution in [2.75, 3.05) is 23.3 Å². The van der Waals surface area contributed by atoms with Crippen molar-refractivity contribution < 1.29 is 13.6 Å². The third-order valence-corrected chi connectivity index (χ3v) is 4.72. The standard InChI is InChI=1S/C20H19F2N5O/c21-17-9-16(10-18(22)19(17)26-7-1-2-8-26)25-20(28)15-5-3-14(4-6-15)11-27-13-23-12-24-27/h3-6,9-10,12-13H,1-2,7-8,11H2,(H,25,28). The molecule has 8 heteroatoms. The predicted octanol–water partition coefficient (Wildman–Crippen LogP) is 3.46. The number of rotatable bonds is 5. The number of nitrogens with one attached hydrogen (secondary N) is 1. The maximum atomic E-state index is 14.4. The van der Waals surface area contributed by atoms with Gasteiger partial charge in [-0.05, 0) is 42.7 Å². The Bertz CT molecular complexity index is 944. The van der Waals surface area contributed by atoms with E-state index >= 15 is 0 Å². The molecule has 0 atom stereocenters. The number of amides is 1. The van der Waals surface area contributed by atoms with Gasteiger partial charge < -0.3 is 10.2 Å². The summed E-state index contributed by atoms with van der Waals surface area (Å²) in [6.45, 7) is 1.82. The lowest BCUT2D eigenvalue weighted by atomic mass is 10.1. The molecule has 1 fully saturated rings. The van der Waals surface area contributed by atoms with Crippen molar-refractivity contribution in [3.8, 4) is 0 Å². The van der Waals surface area contributed by atoms with E-state index < -0.39 is 17.5 Å². The fraction of sp³-hybridized carbons (Fsp3) is 0.250. The molecule has 28 heavy (non-hydrogen) atoms. The van der Waals surface area contributed by atoms with Crippen molar-refractivity contribution in [3.05, 3.63) is 71.8 Å². The van der Waals surface area contributed by atoms with Crippen molar-refractivity contribution >= 4 is 17.3 Å². The number of carbonyl (C=O) groups excluding carboxylic acids is 1. The molecule has 0 radical (unpaired) electrons. The highest BCUT2D eigenvalue weighted by Crippen LogP contribution is 2.29. The highest BCUT2D eigenvalue weighted by molar-refractivity contribution is 6.04. The van der Waals surface area contributed by atoms with Gasteiger partial charge in [0.25, 0.3) is 5.91 Å². The topological polar surface area (TPSA) is 63.1 Å². The Morgan fingerprint density at radius 3 is 2.36 bits per heavy atom. The highest BCUT2D eigenvalue weighted by Gasteiger charge is 2.21. The summed E-state index contributed by atoms with van der Waals surface area (Å²) in [5.41, 5.74) is 1.42. The Labute approximate surface area is 160 Å². The van der Waals surface area contributed by atoms with Crippen LogP contribution in [0.5, 0.6) is 0 Å². The number of aromatic nitrogens is 3. The summed E-state index contributed by atoms with van der Waals surface area (Å²) in [6, 6.07) is 9.24. The van der Waals surface area contributed by atoms with Crippen LogP contribution in [0.25, 0.3) is 0 Å². The summed E-state index contributed by atoms with van der Waals surface area (Å²) >= 11 is 0. The minimum Gasteiger partial charge on any atom is -0.367 e. The lowest BCUT2D eigenvalue weighted by molar-refractivity contribution is 0.102. The molecule has 1 aliphatic heterocycles. The van der Waals surface area contributed by atoms with E-state index in [0.717, 1.165) is 30.5 Å². The SMILES string of the molecule is O=C(Nc1cc(F)c(N2CCCC2)c(F)c1)c1ccc(Cn2cncn2)cc1. The van der Waals surface area contributed by atoms with E-state index in [4.69, 9.17) is 0 Å². The maximum Gasteiger partial charge on any atom is 0.255 e. The minimum absolute atomic E-state index is 0.0204. The zero-order chi connectivity index (χ0) is 19.5. The van der Waals surface area contributed by atoms with Crippen LogP contribution in [0.1, 0.15) is 28.8 Å². The fourth-order valence-electron chi connectivity index (χ4n) is 3.35. The van der Waals surface area contributed by atoms with Gasteiger partial charge in [0.05, 0.1) is 6.54 Å². The molecule has 144 valence electrons. The molecular formula is C20H19F2N5O. The van der Waals surface area contributed by atoms with E-state index in [2.05, 4.69) is 15.4 Å². The monoisotopic (exact) mass is 383 g/mol. The van der Waals surface area contributed by atoms with Crippen LogP contribution in [0.4, 0.5) is 20.2 Å². The van der Waals surface area contributed by atoms with Gasteiger partial charge in [-0.3, -0.25) is 4.79 Å². The number of hydrogen-bond acceptors (Lipinski definition) is 4. The van der Waals surface area contributed by atoms with Crippen molar-refractivity contribution in [1.29, 1.82) is 0 Å². The normalized spacial score (nSPS) is 13.7. The molecule has 4 rings (SSSR count). The third-order valence-electron chi connectivity index (χ3n) is 4.72. The van der Waals surface area contributed by atoms with Gasteiger partial charge in [-0.25, -0.2) is 18.4 Å². The van der Waals surface area contributed by atoms with E-state index in [1.165, 1.54) is 6.33 Å². The first-order chi connectivity index (χ1) is 13.6. The van der Waals surface area contributed by atoms with Crippen LogP contribution in [0.2, 0.25) is 0 Å². The average Bonchev–Trinajstić information content (AvgIpc) is 3.36. The first kappa shape index (κ1) is 18.1. The quantitative estimate of drug-likeness (QED) is 0.733. The van der Waals surface area contributed by atoms with Crippen LogP contribution in [0.3, 0.4) is 0 Å². The summed E-state index contributed by atoms with van der Waals surface area (Å²) in [5, 5.41) is 6.59. The van der Waals surface area contributed by atoms with Gasteiger partial charge in [0, 0.05) is 24.3 Å². The Balaban J connectivity index is 1.45. The smallest absolute Gasteiger partial charge is 0.255 e. The summed E-state index contributed by atoms with van der Waals surface area (Å²) in [6.07, 6.45) is 4.90. The number of carbonyl (C=O) groups is 1. The van der Waals surface area contributed by atoms with E-state index in [1.54, 1.807) is 40.2 Å². The van der Waals surface area contributed by atoms with E-state index in [1.807, 2.05) is 0 Å². The van der Waals surface area contributed by atoms with Crippen molar-refractivity contribution in [2.45, 2.75) is 19.4 Å². The molecule has 0 saturated carbocycles. The van der Waals surface area contributed by atoms with Crippen molar-refractivity contribution in [1.82, 2.24) is 14.8 Å². The molecule has 1 aromatic heterocycles. The molecule has 1 aliphatic rings. The van der Waals surface area contributed by atoms with Crippen molar-refractivity contribution in [2.24, 2.45) is 0 Å². The zero-order valence-corrected chi connectivity index (χ0v) is 15.1. The second kappa shape index (κ2) is 7.75. The number of benzene rings is 2. The summed E-state index contributed by atoms with van der Waals surface area (Å²) in [5.74, 6) is -1.76. The minimum atomic E-state index is -0.666. The highest BCUT2D eigenvalue weighted by atomic mass is 19.1. The van der Waals surface area contributed by atoms with E-state index in [-0.39, 0.29) is 11.4 Å². The van der Waals surface area contributed by atoms with Crippen LogP contribution in [-0.2, 0) is 6.54 Å². The molecule has 0 spiro atoms. The Morgan fingerprint density at radius 1 is 1.07 bits per heavy atom. The molecule has 6 nitrogen and oxygen atoms in total. The Hall–Kier alpha value is -3.29. The Morgan fingerprint density at radius 2 is 1.75 bits per heavy atom. The number of hydrogen-bond donors (Lipinski definition) is 1.